The van der Waals surface area contributed by atoms with Gasteiger partial charge in [-0.15, -0.1) is 12.5 Å². The molecule has 0 fully saturated rings. The van der Waals surface area contributed by atoms with Gasteiger partial charge in [0.1, 0.15) is 0 Å². The predicted octanol–water partition coefficient (Wildman–Crippen LogP) is 3.69. The van der Waals surface area contributed by atoms with E-state index >= 15 is 0 Å². The summed E-state index contributed by atoms with van der Waals surface area (Å²) in [7, 11) is 0. The van der Waals surface area contributed by atoms with Crippen LogP contribution in [0.25, 0.3) is 11.1 Å². The van der Waals surface area contributed by atoms with Gasteiger partial charge in [-0.05, 0) is 56.0 Å². The van der Waals surface area contributed by atoms with Crippen LogP contribution in [0.4, 0.5) is 0 Å². The molecule has 3 aliphatic carbocycles. The van der Waals surface area contributed by atoms with E-state index in [2.05, 4.69) is 118 Å². The van der Waals surface area contributed by atoms with Crippen LogP contribution < -0.4 is 24.8 Å². The van der Waals surface area contributed by atoms with Crippen LogP contribution in [0.5, 0.6) is 0 Å². The summed E-state index contributed by atoms with van der Waals surface area (Å²) in [5, 5.41) is 0. The molecule has 0 heterocycles. The smallest absolute Gasteiger partial charge is 1.00 e. The molecular weight excluding hydrogens is 571 g/mol. The van der Waals surface area contributed by atoms with E-state index in [9.17, 15) is 0 Å². The van der Waals surface area contributed by atoms with Crippen LogP contribution in [0, 0.1) is 17.3 Å². The molecule has 3 heteroatoms. The minimum Gasteiger partial charge on any atom is -1.00 e. The third-order valence-corrected chi connectivity index (χ3v) is 8.78. The van der Waals surface area contributed by atoms with Crippen LogP contribution >= 0.6 is 0 Å². The molecule has 0 bridgehead atoms. The molecule has 5 rings (SSSR count). The third-order valence-electron chi connectivity index (χ3n) is 8.78. The molecule has 2 aromatic carbocycles. The average Bonchev–Trinajstić information content (AvgIpc) is 3.37. The maximum absolute atomic E-state index is 2.57. The van der Waals surface area contributed by atoms with Gasteiger partial charge in [0.15, 0.2) is 0 Å². The minimum absolute atomic E-state index is 0. The average molecular weight is 614 g/mol. The molecule has 0 aliphatic heterocycles. The molecule has 0 amide bonds. The summed E-state index contributed by atoms with van der Waals surface area (Å²) in [4.78, 5) is 0. The summed E-state index contributed by atoms with van der Waals surface area (Å²) in [5.74, 6) is 0.403. The van der Waals surface area contributed by atoms with Crippen LogP contribution in [0.15, 0.2) is 59.2 Å². The largest absolute Gasteiger partial charge is 3.00 e. The zero-order valence-electron chi connectivity index (χ0n) is 24.4. The predicted molar refractivity (Wildman–Crippen MR) is 147 cm³/mol. The van der Waals surface area contributed by atoms with Crippen LogP contribution in [-0.4, -0.2) is 0 Å². The van der Waals surface area contributed by atoms with E-state index in [4.69, 9.17) is 0 Å². The van der Waals surface area contributed by atoms with Crippen molar-refractivity contribution in [2.45, 2.75) is 98.8 Å². The first kappa shape index (κ1) is 32.5. The molecule has 1 radical (unpaired) electrons. The Balaban J connectivity index is 0.00000160. The monoisotopic (exact) mass is 611 g/mol. The van der Waals surface area contributed by atoms with Gasteiger partial charge in [-0.25, -0.2) is 12.0 Å². The second kappa shape index (κ2) is 10.3. The normalized spacial score (nSPS) is 20.6. The molecule has 0 saturated heterocycles. The Labute approximate surface area is 258 Å². The van der Waals surface area contributed by atoms with Gasteiger partial charge in [0, 0.05) is 5.92 Å². The molecule has 0 spiro atoms. The molecule has 2 aromatic rings. The number of rotatable bonds is 1. The van der Waals surface area contributed by atoms with Crippen molar-refractivity contribution in [2.24, 2.45) is 10.8 Å². The molecule has 0 nitrogen and oxygen atoms in total. The second-order valence-corrected chi connectivity index (χ2v) is 14.4. The molecular formula is C34H43Cl2Zr. The van der Waals surface area contributed by atoms with Crippen molar-refractivity contribution in [1.82, 2.24) is 0 Å². The van der Waals surface area contributed by atoms with Gasteiger partial charge in [-0.3, -0.25) is 0 Å². The number of halogens is 2. The van der Waals surface area contributed by atoms with E-state index in [0.717, 1.165) is 12.8 Å². The zero-order chi connectivity index (χ0) is 24.8. The van der Waals surface area contributed by atoms with E-state index in [1.165, 1.54) is 33.4 Å². The number of hydrogen-bond acceptors (Lipinski definition) is 0. The number of hydrogen-bond donors (Lipinski definition) is 0. The molecule has 0 N–H and O–H groups in total. The standard InChI is InChI=1S/C34H43.2ClH.Zr/c1-31(2,3)22-11-13-25-27(18-22)28-19-23(32(4,5)6)12-14-26(28)30(25)34(10)16-15-21-17-24(20-29(21)34)33(7,8)9;;;/h11-15,18-20,30H,16-17H2,1-10H3;2*1H;/q-1;;;+3/p-2. The fourth-order valence-electron chi connectivity index (χ4n) is 6.40. The maximum Gasteiger partial charge on any atom is 3.00 e. The van der Waals surface area contributed by atoms with E-state index in [1.807, 2.05) is 0 Å². The molecule has 37 heavy (non-hydrogen) atoms. The Morgan fingerprint density at radius 1 is 0.730 bits per heavy atom. The van der Waals surface area contributed by atoms with Gasteiger partial charge in [-0.1, -0.05) is 117 Å². The first-order valence-corrected chi connectivity index (χ1v) is 13.2. The Morgan fingerprint density at radius 2 is 1.19 bits per heavy atom. The molecule has 3 aliphatic rings. The van der Waals surface area contributed by atoms with Crippen molar-refractivity contribution >= 4 is 0 Å². The van der Waals surface area contributed by atoms with E-state index in [0.29, 0.717) is 5.92 Å². The van der Waals surface area contributed by atoms with Crippen molar-refractivity contribution in [3.63, 3.8) is 0 Å². The van der Waals surface area contributed by atoms with Crippen molar-refractivity contribution in [1.29, 1.82) is 0 Å². The van der Waals surface area contributed by atoms with Gasteiger partial charge in [-0.2, -0.15) is 5.57 Å². The minimum atomic E-state index is 0. The first-order valence-electron chi connectivity index (χ1n) is 13.2. The summed E-state index contributed by atoms with van der Waals surface area (Å²) in [6, 6.07) is 14.7. The van der Waals surface area contributed by atoms with Gasteiger partial charge in [0.25, 0.3) is 0 Å². The SMILES string of the molecule is CC(C)(C)C1=CC2=C([CH-]CC2(C)C2c3ccc(C(C)(C)C)cc3-c3cc(C(C)(C)C)ccc32)C1.[Cl-].[Cl-].[Zr+3]. The zero-order valence-corrected chi connectivity index (χ0v) is 28.3. The molecule has 197 valence electrons. The van der Waals surface area contributed by atoms with Crippen molar-refractivity contribution in [3.8, 4) is 11.1 Å². The van der Waals surface area contributed by atoms with Crippen LogP contribution in [-0.2, 0) is 37.0 Å². The fraction of sp³-hybridized carbons (Fsp3) is 0.500. The molecule has 0 saturated carbocycles. The summed E-state index contributed by atoms with van der Waals surface area (Å²) >= 11 is 0. The number of fused-ring (bicyclic) bond motifs is 3. The fourth-order valence-corrected chi connectivity index (χ4v) is 6.40. The van der Waals surface area contributed by atoms with Gasteiger partial charge in [0.05, 0.1) is 0 Å². The van der Waals surface area contributed by atoms with Gasteiger partial charge >= 0.3 is 26.2 Å². The maximum atomic E-state index is 2.57. The third kappa shape index (κ3) is 5.36. The topological polar surface area (TPSA) is 0 Å². The van der Waals surface area contributed by atoms with Crippen LogP contribution in [0.2, 0.25) is 0 Å². The van der Waals surface area contributed by atoms with Crippen molar-refractivity contribution in [3.05, 3.63) is 87.9 Å². The number of benzene rings is 2. The van der Waals surface area contributed by atoms with Gasteiger partial charge in [0.2, 0.25) is 0 Å². The summed E-state index contributed by atoms with van der Waals surface area (Å²) < 4.78 is 0. The van der Waals surface area contributed by atoms with Crippen LogP contribution in [0.1, 0.15) is 110 Å². The van der Waals surface area contributed by atoms with Crippen molar-refractivity contribution in [2.75, 3.05) is 0 Å². The summed E-state index contributed by atoms with van der Waals surface area (Å²) in [5.41, 5.74) is 14.2. The Bertz CT molecular complexity index is 1180. The first-order chi connectivity index (χ1) is 15.6. The summed E-state index contributed by atoms with van der Waals surface area (Å²) in [6.07, 6.45) is 7.39. The molecule has 1 atom stereocenters. The Morgan fingerprint density at radius 3 is 1.59 bits per heavy atom. The summed E-state index contributed by atoms with van der Waals surface area (Å²) in [6.45, 7) is 23.6. The van der Waals surface area contributed by atoms with Crippen LogP contribution in [0.3, 0.4) is 0 Å². The number of allylic oxidation sites excluding steroid dienone is 4. The Hall–Kier alpha value is -0.747. The van der Waals surface area contributed by atoms with Gasteiger partial charge < -0.3 is 24.8 Å². The molecule has 1 unspecified atom stereocenters. The molecule has 0 aromatic heterocycles. The van der Waals surface area contributed by atoms with E-state index in [1.54, 1.807) is 16.7 Å². The van der Waals surface area contributed by atoms with E-state index < -0.39 is 0 Å². The second-order valence-electron chi connectivity index (χ2n) is 14.4. The van der Waals surface area contributed by atoms with Crippen molar-refractivity contribution < 1.29 is 51.0 Å². The Kier molecular flexibility index (Phi) is 9.07. The quantitative estimate of drug-likeness (QED) is 0.431. The van der Waals surface area contributed by atoms with E-state index in [-0.39, 0.29) is 72.7 Å².